The average molecular weight is 452 g/mol. The highest BCUT2D eigenvalue weighted by atomic mass is 16.5. The minimum atomic E-state index is -0.133. The molecule has 0 saturated carbocycles. The van der Waals surface area contributed by atoms with Gasteiger partial charge in [-0.25, -0.2) is 0 Å². The largest absolute Gasteiger partial charge is 0.458 e. The van der Waals surface area contributed by atoms with Gasteiger partial charge in [-0.05, 0) is 100 Å². The predicted molar refractivity (Wildman–Crippen MR) is 142 cm³/mol. The molecule has 5 heteroatoms. The Kier molecular flexibility index (Phi) is 14.8. The van der Waals surface area contributed by atoms with Crippen LogP contribution in [-0.2, 0) is 0 Å². The number of allylic oxidation sites excluding steroid dienone is 3. The maximum absolute atomic E-state index is 12.5. The fourth-order valence-corrected chi connectivity index (χ4v) is 2.92. The summed E-state index contributed by atoms with van der Waals surface area (Å²) in [5.41, 5.74) is 2.44. The molecule has 3 N–H and O–H groups in total. The number of nitrogens with one attached hydrogen (secondary N) is 3. The van der Waals surface area contributed by atoms with E-state index in [0.717, 1.165) is 55.1 Å². The van der Waals surface area contributed by atoms with Gasteiger partial charge in [-0.15, -0.1) is 0 Å². The molecule has 0 radical (unpaired) electrons. The van der Waals surface area contributed by atoms with Crippen molar-refractivity contribution in [3.63, 3.8) is 0 Å². The summed E-state index contributed by atoms with van der Waals surface area (Å²) >= 11 is 0. The van der Waals surface area contributed by atoms with Gasteiger partial charge in [0, 0.05) is 23.5 Å². The molecule has 33 heavy (non-hydrogen) atoms. The standard InChI is InChI=1S/C24H28N2O2.C2H7N.C2H6/c1-2-3-18-25-20-12-14-21(15-13-20)26-24(27)19-10-16-23(17-11-19)28-22-8-6-4-5-7-9-22;1-3-2;1-2/h6,8-17,25H,2-5,7,18H2,1H3,(H,26,27);3H,1-2H3;1-2H3. The van der Waals surface area contributed by atoms with Gasteiger partial charge in [0.2, 0.25) is 0 Å². The molecular weight excluding hydrogens is 410 g/mol. The second kappa shape index (κ2) is 17.5. The van der Waals surface area contributed by atoms with E-state index in [-0.39, 0.29) is 5.91 Å². The fraction of sp³-hybridized carbons (Fsp3) is 0.393. The van der Waals surface area contributed by atoms with E-state index in [2.05, 4.69) is 35.0 Å². The quantitative estimate of drug-likeness (QED) is 0.378. The molecule has 5 nitrogen and oxygen atoms in total. The van der Waals surface area contributed by atoms with Gasteiger partial charge in [0.1, 0.15) is 11.5 Å². The van der Waals surface area contributed by atoms with Gasteiger partial charge < -0.3 is 20.7 Å². The van der Waals surface area contributed by atoms with Crippen LogP contribution in [0.1, 0.15) is 63.2 Å². The number of benzene rings is 2. The van der Waals surface area contributed by atoms with E-state index in [1.54, 1.807) is 12.1 Å². The van der Waals surface area contributed by atoms with Crippen LogP contribution in [0.5, 0.6) is 5.75 Å². The number of hydrogen-bond donors (Lipinski definition) is 3. The lowest BCUT2D eigenvalue weighted by molar-refractivity contribution is 0.102. The third-order valence-corrected chi connectivity index (χ3v) is 4.56. The van der Waals surface area contributed by atoms with Crippen molar-refractivity contribution in [1.29, 1.82) is 0 Å². The van der Waals surface area contributed by atoms with Crippen molar-refractivity contribution < 1.29 is 9.53 Å². The number of unbranched alkanes of at least 4 members (excludes halogenated alkanes) is 1. The molecule has 0 atom stereocenters. The molecule has 1 aliphatic rings. The summed E-state index contributed by atoms with van der Waals surface area (Å²) in [5.74, 6) is 1.46. The van der Waals surface area contributed by atoms with E-state index in [0.29, 0.717) is 5.56 Å². The van der Waals surface area contributed by atoms with Crippen molar-refractivity contribution in [3.8, 4) is 5.75 Å². The lowest BCUT2D eigenvalue weighted by Crippen LogP contribution is -2.11. The summed E-state index contributed by atoms with van der Waals surface area (Å²) < 4.78 is 5.88. The number of anilines is 2. The van der Waals surface area contributed by atoms with E-state index >= 15 is 0 Å². The minimum absolute atomic E-state index is 0.133. The molecule has 1 amide bonds. The lowest BCUT2D eigenvalue weighted by atomic mass is 10.2. The first kappa shape index (κ1) is 28.0. The molecular formula is C28H41N3O2. The molecule has 3 rings (SSSR count). The third-order valence-electron chi connectivity index (χ3n) is 4.56. The number of amides is 1. The summed E-state index contributed by atoms with van der Waals surface area (Å²) in [7, 11) is 3.75. The third kappa shape index (κ3) is 11.4. The maximum Gasteiger partial charge on any atom is 0.255 e. The van der Waals surface area contributed by atoms with Crippen LogP contribution in [0, 0.1) is 0 Å². The first-order valence-electron chi connectivity index (χ1n) is 12.0. The van der Waals surface area contributed by atoms with Crippen LogP contribution < -0.4 is 20.7 Å². The number of hydrogen-bond acceptors (Lipinski definition) is 4. The molecule has 0 bridgehead atoms. The summed E-state index contributed by atoms with van der Waals surface area (Å²) in [6.07, 6.45) is 11.8. The van der Waals surface area contributed by atoms with Gasteiger partial charge in [-0.1, -0.05) is 33.3 Å². The van der Waals surface area contributed by atoms with Gasteiger partial charge in [0.15, 0.2) is 0 Å². The van der Waals surface area contributed by atoms with E-state index < -0.39 is 0 Å². The van der Waals surface area contributed by atoms with Crippen molar-refractivity contribution >= 4 is 17.3 Å². The van der Waals surface area contributed by atoms with Gasteiger partial charge in [0.05, 0.1) is 0 Å². The molecule has 0 saturated heterocycles. The Balaban J connectivity index is 0.00000101. The van der Waals surface area contributed by atoms with Crippen LogP contribution in [0.3, 0.4) is 0 Å². The van der Waals surface area contributed by atoms with Crippen LogP contribution in [0.2, 0.25) is 0 Å². The summed E-state index contributed by atoms with van der Waals surface area (Å²) in [5, 5.41) is 9.05. The minimum Gasteiger partial charge on any atom is -0.458 e. The molecule has 0 aliphatic heterocycles. The summed E-state index contributed by atoms with van der Waals surface area (Å²) in [6, 6.07) is 15.0. The second-order valence-electron chi connectivity index (χ2n) is 7.38. The number of ether oxygens (including phenoxy) is 1. The van der Waals surface area contributed by atoms with Crippen LogP contribution in [0.4, 0.5) is 11.4 Å². The lowest BCUT2D eigenvalue weighted by Gasteiger charge is -2.09. The van der Waals surface area contributed by atoms with Gasteiger partial charge >= 0.3 is 0 Å². The van der Waals surface area contributed by atoms with Gasteiger partial charge in [0.25, 0.3) is 5.91 Å². The fourth-order valence-electron chi connectivity index (χ4n) is 2.92. The Hall–Kier alpha value is -3.05. The van der Waals surface area contributed by atoms with Crippen LogP contribution in [0.25, 0.3) is 0 Å². The second-order valence-corrected chi connectivity index (χ2v) is 7.38. The number of carbonyl (C=O) groups excluding carboxylic acids is 1. The first-order chi connectivity index (χ1) is 16.2. The van der Waals surface area contributed by atoms with E-state index in [1.165, 1.54) is 6.42 Å². The Morgan fingerprint density at radius 1 is 0.939 bits per heavy atom. The van der Waals surface area contributed by atoms with Crippen molar-refractivity contribution in [3.05, 3.63) is 78.1 Å². The Bertz CT molecular complexity index is 840. The Morgan fingerprint density at radius 3 is 2.21 bits per heavy atom. The van der Waals surface area contributed by atoms with Crippen LogP contribution in [0.15, 0.2) is 72.5 Å². The smallest absolute Gasteiger partial charge is 0.255 e. The zero-order chi connectivity index (χ0) is 24.3. The molecule has 0 aromatic heterocycles. The topological polar surface area (TPSA) is 62.4 Å². The van der Waals surface area contributed by atoms with E-state index in [4.69, 9.17) is 4.74 Å². The normalized spacial score (nSPS) is 12.1. The van der Waals surface area contributed by atoms with E-state index in [1.807, 2.05) is 70.4 Å². The van der Waals surface area contributed by atoms with Crippen LogP contribution in [-0.4, -0.2) is 26.5 Å². The summed E-state index contributed by atoms with van der Waals surface area (Å²) in [4.78, 5) is 12.5. The van der Waals surface area contributed by atoms with Crippen molar-refractivity contribution in [2.45, 2.75) is 52.9 Å². The Labute approximate surface area is 200 Å². The number of carbonyl (C=O) groups is 1. The molecule has 180 valence electrons. The monoisotopic (exact) mass is 451 g/mol. The Morgan fingerprint density at radius 2 is 1.58 bits per heavy atom. The van der Waals surface area contributed by atoms with Crippen molar-refractivity contribution in [2.24, 2.45) is 0 Å². The molecule has 0 fully saturated rings. The molecule has 0 spiro atoms. The SMILES string of the molecule is CC.CCCCNc1ccc(NC(=O)c2ccc(OC3=CCCCC=C3)cc2)cc1.CNC. The highest BCUT2D eigenvalue weighted by molar-refractivity contribution is 6.04. The molecule has 2 aromatic carbocycles. The molecule has 1 aliphatic carbocycles. The van der Waals surface area contributed by atoms with Crippen LogP contribution >= 0.6 is 0 Å². The first-order valence-corrected chi connectivity index (χ1v) is 12.0. The maximum atomic E-state index is 12.5. The highest BCUT2D eigenvalue weighted by Crippen LogP contribution is 2.20. The predicted octanol–water partition coefficient (Wildman–Crippen LogP) is 7.02. The van der Waals surface area contributed by atoms with Crippen molar-refractivity contribution in [2.75, 3.05) is 31.3 Å². The molecule has 0 heterocycles. The summed E-state index contributed by atoms with van der Waals surface area (Å²) in [6.45, 7) is 7.13. The van der Waals surface area contributed by atoms with Gasteiger partial charge in [-0.3, -0.25) is 4.79 Å². The van der Waals surface area contributed by atoms with Crippen molar-refractivity contribution in [1.82, 2.24) is 5.32 Å². The van der Waals surface area contributed by atoms with E-state index in [9.17, 15) is 4.79 Å². The molecule has 2 aromatic rings. The zero-order valence-corrected chi connectivity index (χ0v) is 20.9. The number of rotatable bonds is 8. The highest BCUT2D eigenvalue weighted by Gasteiger charge is 2.07. The molecule has 0 unspecified atom stereocenters. The van der Waals surface area contributed by atoms with Gasteiger partial charge in [-0.2, -0.15) is 0 Å². The zero-order valence-electron chi connectivity index (χ0n) is 20.9. The average Bonchev–Trinajstić information content (AvgIpc) is 3.11.